The van der Waals surface area contributed by atoms with Gasteiger partial charge in [-0.3, -0.25) is 9.69 Å². The van der Waals surface area contributed by atoms with Crippen molar-refractivity contribution in [1.82, 2.24) is 4.90 Å². The molecular weight excluding hydrogens is 426 g/mol. The number of rotatable bonds is 7. The Bertz CT molecular complexity index is 975. The summed E-state index contributed by atoms with van der Waals surface area (Å²) in [5, 5.41) is 0.578. The van der Waals surface area contributed by atoms with E-state index in [1.807, 2.05) is 25.1 Å². The molecule has 1 fully saturated rings. The van der Waals surface area contributed by atoms with Crippen LogP contribution in [0.2, 0.25) is 5.02 Å². The van der Waals surface area contributed by atoms with Crippen LogP contribution in [0.15, 0.2) is 41.3 Å². The Hall–Kier alpha value is -2.02. The maximum absolute atomic E-state index is 12.3. The molecule has 1 amide bonds. The number of ether oxygens (including phenoxy) is 2. The van der Waals surface area contributed by atoms with Crippen molar-refractivity contribution in [1.29, 1.82) is 0 Å². The van der Waals surface area contributed by atoms with Crippen LogP contribution < -0.4 is 9.47 Å². The van der Waals surface area contributed by atoms with Crippen molar-refractivity contribution < 1.29 is 14.3 Å². The van der Waals surface area contributed by atoms with Gasteiger partial charge in [-0.05, 0) is 49.8 Å². The Labute approximate surface area is 185 Å². The second-order valence-corrected chi connectivity index (χ2v) is 8.85. The number of halogens is 1. The summed E-state index contributed by atoms with van der Waals surface area (Å²) < 4.78 is 12.3. The van der Waals surface area contributed by atoms with Crippen molar-refractivity contribution in [3.63, 3.8) is 0 Å². The predicted octanol–water partition coefficient (Wildman–Crippen LogP) is 5.64. The molecule has 4 nitrogen and oxygen atoms in total. The molecule has 1 aliphatic heterocycles. The van der Waals surface area contributed by atoms with Gasteiger partial charge < -0.3 is 9.47 Å². The van der Waals surface area contributed by atoms with E-state index in [4.69, 9.17) is 33.3 Å². The quantitative estimate of drug-likeness (QED) is 0.312. The molecule has 2 aromatic rings. The fourth-order valence-corrected chi connectivity index (χ4v) is 4.19. The smallest absolute Gasteiger partial charge is 0.265 e. The minimum Gasteiger partial charge on any atom is -0.493 e. The average molecular weight is 448 g/mol. The molecule has 0 unspecified atom stereocenters. The van der Waals surface area contributed by atoms with Crippen molar-refractivity contribution >= 4 is 51.9 Å². The Kier molecular flexibility index (Phi) is 7.22. The lowest BCUT2D eigenvalue weighted by atomic mass is 10.1. The van der Waals surface area contributed by atoms with Crippen LogP contribution in [0.3, 0.4) is 0 Å². The van der Waals surface area contributed by atoms with Gasteiger partial charge in [0.2, 0.25) is 0 Å². The standard InChI is InChI=1S/C22H22ClNO3S2/c1-14-5-7-18(15(2)11-14)26-9-4-10-27-19-8-6-17(23)12-16(19)13-20-21(25)24(3)22(28)29-20/h5-8,11-13H,4,9-10H2,1-3H3/b20-13-. The largest absolute Gasteiger partial charge is 0.493 e. The summed E-state index contributed by atoms with van der Waals surface area (Å²) in [4.78, 5) is 14.3. The summed E-state index contributed by atoms with van der Waals surface area (Å²) in [5.74, 6) is 1.44. The van der Waals surface area contributed by atoms with Crippen LogP contribution >= 0.6 is 35.6 Å². The SMILES string of the molecule is Cc1ccc(OCCCOc2ccc(Cl)cc2/C=C2\SC(=S)N(C)C2=O)c(C)c1. The number of thioether (sulfide) groups is 1. The molecule has 0 radical (unpaired) electrons. The van der Waals surface area contributed by atoms with Crippen LogP contribution in [0.25, 0.3) is 6.08 Å². The highest BCUT2D eigenvalue weighted by Crippen LogP contribution is 2.34. The second-order valence-electron chi connectivity index (χ2n) is 6.74. The third-order valence-electron chi connectivity index (χ3n) is 4.38. The second kappa shape index (κ2) is 9.65. The lowest BCUT2D eigenvalue weighted by Crippen LogP contribution is -2.22. The van der Waals surface area contributed by atoms with E-state index in [1.54, 1.807) is 25.3 Å². The van der Waals surface area contributed by atoms with Crippen LogP contribution in [-0.2, 0) is 4.79 Å². The number of likely N-dealkylation sites (N-methyl/N-ethyl adjacent to an activating group) is 1. The van der Waals surface area contributed by atoms with Crippen molar-refractivity contribution in [2.75, 3.05) is 20.3 Å². The molecule has 0 bridgehead atoms. The van der Waals surface area contributed by atoms with Crippen LogP contribution in [-0.4, -0.2) is 35.4 Å². The molecule has 1 aliphatic rings. The monoisotopic (exact) mass is 447 g/mol. The Morgan fingerprint density at radius 2 is 1.79 bits per heavy atom. The zero-order chi connectivity index (χ0) is 21.0. The number of hydrogen-bond acceptors (Lipinski definition) is 5. The molecule has 1 heterocycles. The fourth-order valence-electron chi connectivity index (χ4n) is 2.83. The first-order chi connectivity index (χ1) is 13.8. The van der Waals surface area contributed by atoms with Gasteiger partial charge in [0.1, 0.15) is 15.8 Å². The van der Waals surface area contributed by atoms with Gasteiger partial charge in [-0.1, -0.05) is 53.3 Å². The molecule has 0 saturated carbocycles. The summed E-state index contributed by atoms with van der Waals surface area (Å²) in [5.41, 5.74) is 3.09. The van der Waals surface area contributed by atoms with Crippen molar-refractivity contribution in [2.45, 2.75) is 20.3 Å². The zero-order valence-corrected chi connectivity index (χ0v) is 18.9. The van der Waals surface area contributed by atoms with E-state index in [0.29, 0.717) is 33.2 Å². The predicted molar refractivity (Wildman–Crippen MR) is 124 cm³/mol. The van der Waals surface area contributed by atoms with E-state index >= 15 is 0 Å². The minimum absolute atomic E-state index is 0.118. The topological polar surface area (TPSA) is 38.8 Å². The normalized spacial score (nSPS) is 15.3. The minimum atomic E-state index is -0.118. The first-order valence-corrected chi connectivity index (χ1v) is 10.8. The molecule has 0 aromatic heterocycles. The Balaban J connectivity index is 1.60. The first kappa shape index (κ1) is 21.7. The van der Waals surface area contributed by atoms with Gasteiger partial charge in [0.15, 0.2) is 0 Å². The van der Waals surface area contributed by atoms with Gasteiger partial charge in [0.25, 0.3) is 5.91 Å². The molecule has 0 spiro atoms. The summed E-state index contributed by atoms with van der Waals surface area (Å²) in [6.07, 6.45) is 2.50. The number of aryl methyl sites for hydroxylation is 2. The molecular formula is C22H22ClNO3S2. The van der Waals surface area contributed by atoms with Crippen molar-refractivity contribution in [2.24, 2.45) is 0 Å². The molecule has 7 heteroatoms. The van der Waals surface area contributed by atoms with E-state index < -0.39 is 0 Å². The number of amides is 1. The van der Waals surface area contributed by atoms with E-state index in [2.05, 4.69) is 13.0 Å². The Morgan fingerprint density at radius 1 is 1.10 bits per heavy atom. The Morgan fingerprint density at radius 3 is 2.45 bits per heavy atom. The average Bonchev–Trinajstić information content (AvgIpc) is 2.91. The molecule has 3 rings (SSSR count). The summed E-state index contributed by atoms with van der Waals surface area (Å²) >= 11 is 12.6. The molecule has 152 valence electrons. The van der Waals surface area contributed by atoms with E-state index in [1.165, 1.54) is 22.2 Å². The molecule has 0 aliphatic carbocycles. The summed E-state index contributed by atoms with van der Waals surface area (Å²) in [6, 6.07) is 11.5. The highest BCUT2D eigenvalue weighted by molar-refractivity contribution is 8.26. The van der Waals surface area contributed by atoms with E-state index in [0.717, 1.165) is 23.3 Å². The van der Waals surface area contributed by atoms with Gasteiger partial charge in [-0.2, -0.15) is 0 Å². The van der Waals surface area contributed by atoms with Gasteiger partial charge in [0.05, 0.1) is 18.1 Å². The van der Waals surface area contributed by atoms with Gasteiger partial charge >= 0.3 is 0 Å². The molecule has 0 N–H and O–H groups in total. The van der Waals surface area contributed by atoms with Crippen LogP contribution in [0, 0.1) is 13.8 Å². The highest BCUT2D eigenvalue weighted by Gasteiger charge is 2.29. The number of nitrogens with zero attached hydrogens (tertiary/aromatic N) is 1. The van der Waals surface area contributed by atoms with Crippen molar-refractivity contribution in [3.8, 4) is 11.5 Å². The van der Waals surface area contributed by atoms with E-state index in [-0.39, 0.29) is 5.91 Å². The van der Waals surface area contributed by atoms with Crippen LogP contribution in [0.4, 0.5) is 0 Å². The molecule has 0 atom stereocenters. The lowest BCUT2D eigenvalue weighted by Gasteiger charge is -2.12. The van der Waals surface area contributed by atoms with Gasteiger partial charge in [0, 0.05) is 24.1 Å². The molecule has 2 aromatic carbocycles. The maximum Gasteiger partial charge on any atom is 0.265 e. The molecule has 1 saturated heterocycles. The van der Waals surface area contributed by atoms with Crippen LogP contribution in [0.1, 0.15) is 23.1 Å². The zero-order valence-electron chi connectivity index (χ0n) is 16.5. The van der Waals surface area contributed by atoms with Gasteiger partial charge in [-0.15, -0.1) is 0 Å². The van der Waals surface area contributed by atoms with Gasteiger partial charge in [-0.25, -0.2) is 0 Å². The number of carbonyl (C=O) groups excluding carboxylic acids is 1. The van der Waals surface area contributed by atoms with Crippen LogP contribution in [0.5, 0.6) is 11.5 Å². The fraction of sp³-hybridized carbons (Fsp3) is 0.273. The lowest BCUT2D eigenvalue weighted by molar-refractivity contribution is -0.121. The number of hydrogen-bond donors (Lipinski definition) is 0. The third kappa shape index (κ3) is 5.53. The van der Waals surface area contributed by atoms with Crippen molar-refractivity contribution in [3.05, 3.63) is 63.0 Å². The first-order valence-electron chi connectivity index (χ1n) is 9.19. The number of benzene rings is 2. The number of carbonyl (C=O) groups is 1. The summed E-state index contributed by atoms with van der Waals surface area (Å²) in [6.45, 7) is 5.15. The summed E-state index contributed by atoms with van der Waals surface area (Å²) in [7, 11) is 1.67. The third-order valence-corrected chi connectivity index (χ3v) is 6.10. The highest BCUT2D eigenvalue weighted by atomic mass is 35.5. The number of thiocarbonyl (C=S) groups is 1. The van der Waals surface area contributed by atoms with E-state index in [9.17, 15) is 4.79 Å². The maximum atomic E-state index is 12.3. The molecule has 29 heavy (non-hydrogen) atoms.